The van der Waals surface area contributed by atoms with Gasteiger partial charge in [0.1, 0.15) is 0 Å². The molecule has 0 amide bonds. The van der Waals surface area contributed by atoms with Crippen LogP contribution in [0.5, 0.6) is 0 Å². The van der Waals surface area contributed by atoms with E-state index in [2.05, 4.69) is 16.1 Å². The fraction of sp³-hybridized carbons (Fsp3) is 0.333. The molecule has 0 aliphatic heterocycles. The van der Waals surface area contributed by atoms with Crippen LogP contribution in [0.15, 0.2) is 43.0 Å². The first kappa shape index (κ1) is 15.9. The lowest BCUT2D eigenvalue weighted by Gasteiger charge is -2.26. The molecule has 1 rings (SSSR count). The molecule has 5 heteroatoms. The molecule has 0 unspecified atom stereocenters. The van der Waals surface area contributed by atoms with Gasteiger partial charge < -0.3 is 9.47 Å². The summed E-state index contributed by atoms with van der Waals surface area (Å²) in [5.74, 6) is -1.29. The van der Waals surface area contributed by atoms with Crippen molar-refractivity contribution >= 4 is 11.9 Å². The molecule has 20 heavy (non-hydrogen) atoms. The van der Waals surface area contributed by atoms with E-state index < -0.39 is 18.0 Å². The zero-order chi connectivity index (χ0) is 15.0. The van der Waals surface area contributed by atoms with E-state index in [1.54, 1.807) is 11.0 Å². The Bertz CT molecular complexity index is 442. The van der Waals surface area contributed by atoms with Crippen molar-refractivity contribution in [3.8, 4) is 0 Å². The maximum absolute atomic E-state index is 11.8. The van der Waals surface area contributed by atoms with Gasteiger partial charge in [0, 0.05) is 13.1 Å². The molecule has 0 radical (unpaired) electrons. The average Bonchev–Trinajstić information content (AvgIpc) is 2.48. The monoisotopic (exact) mass is 277 g/mol. The number of carbonyl (C=O) groups is 2. The van der Waals surface area contributed by atoms with Crippen LogP contribution in [0.4, 0.5) is 0 Å². The molecule has 0 N–H and O–H groups in total. The number of rotatable bonds is 7. The highest BCUT2D eigenvalue weighted by atomic mass is 16.5. The fourth-order valence-electron chi connectivity index (χ4n) is 1.86. The molecule has 0 aliphatic rings. The molecule has 108 valence electrons. The van der Waals surface area contributed by atoms with Gasteiger partial charge >= 0.3 is 11.9 Å². The van der Waals surface area contributed by atoms with Crippen molar-refractivity contribution in [1.29, 1.82) is 0 Å². The third kappa shape index (κ3) is 4.20. The summed E-state index contributed by atoms with van der Waals surface area (Å²) in [6, 6.07) is 8.44. The maximum Gasteiger partial charge on any atom is 0.334 e. The molecule has 0 aliphatic carbocycles. The van der Waals surface area contributed by atoms with Gasteiger partial charge in [-0.15, -0.1) is 6.58 Å². The second-order valence-corrected chi connectivity index (χ2v) is 4.15. The normalized spacial score (nSPS) is 10.4. The van der Waals surface area contributed by atoms with Gasteiger partial charge in [0.15, 0.2) is 0 Å². The first-order valence-corrected chi connectivity index (χ1v) is 6.18. The van der Waals surface area contributed by atoms with E-state index >= 15 is 0 Å². The predicted octanol–water partition coefficient (Wildman–Crippen LogP) is 1.39. The van der Waals surface area contributed by atoms with Gasteiger partial charge in [-0.05, 0) is 5.56 Å². The van der Waals surface area contributed by atoms with Gasteiger partial charge in [0.05, 0.1) is 14.2 Å². The first-order valence-electron chi connectivity index (χ1n) is 6.18. The van der Waals surface area contributed by atoms with Crippen molar-refractivity contribution in [2.24, 2.45) is 0 Å². The third-order valence-electron chi connectivity index (χ3n) is 2.81. The van der Waals surface area contributed by atoms with Gasteiger partial charge in [0.2, 0.25) is 6.04 Å². The Morgan fingerprint density at radius 2 is 1.75 bits per heavy atom. The van der Waals surface area contributed by atoms with Crippen LogP contribution in [0.3, 0.4) is 0 Å². The van der Waals surface area contributed by atoms with Gasteiger partial charge in [-0.1, -0.05) is 36.4 Å². The highest BCUT2D eigenvalue weighted by molar-refractivity contribution is 5.99. The van der Waals surface area contributed by atoms with Crippen molar-refractivity contribution in [1.82, 2.24) is 4.90 Å². The molecule has 0 saturated carbocycles. The van der Waals surface area contributed by atoms with Gasteiger partial charge in [0.25, 0.3) is 0 Å². The summed E-state index contributed by atoms with van der Waals surface area (Å²) < 4.78 is 9.37. The minimum Gasteiger partial charge on any atom is -0.467 e. The Hall–Kier alpha value is -2.14. The van der Waals surface area contributed by atoms with Crippen LogP contribution < -0.4 is 0 Å². The predicted molar refractivity (Wildman–Crippen MR) is 74.9 cm³/mol. The summed E-state index contributed by atoms with van der Waals surface area (Å²) >= 11 is 0. The number of esters is 2. The highest BCUT2D eigenvalue weighted by Crippen LogP contribution is 2.11. The number of nitrogens with zero attached hydrogens (tertiary/aromatic N) is 1. The highest BCUT2D eigenvalue weighted by Gasteiger charge is 2.34. The van der Waals surface area contributed by atoms with Crippen molar-refractivity contribution in [2.75, 3.05) is 20.8 Å². The van der Waals surface area contributed by atoms with E-state index in [0.717, 1.165) is 5.56 Å². The van der Waals surface area contributed by atoms with Crippen LogP contribution >= 0.6 is 0 Å². The molecule has 1 aromatic carbocycles. The Kier molecular flexibility index (Phi) is 6.46. The topological polar surface area (TPSA) is 55.8 Å². The third-order valence-corrected chi connectivity index (χ3v) is 2.81. The smallest absolute Gasteiger partial charge is 0.334 e. The zero-order valence-electron chi connectivity index (χ0n) is 11.7. The Labute approximate surface area is 118 Å². The molecule has 0 bridgehead atoms. The van der Waals surface area contributed by atoms with E-state index in [-0.39, 0.29) is 0 Å². The van der Waals surface area contributed by atoms with E-state index in [1.807, 2.05) is 30.3 Å². The van der Waals surface area contributed by atoms with Crippen LogP contribution in [0.1, 0.15) is 5.56 Å². The Morgan fingerprint density at radius 1 is 1.20 bits per heavy atom. The lowest BCUT2D eigenvalue weighted by atomic mass is 10.1. The fourth-order valence-corrected chi connectivity index (χ4v) is 1.86. The van der Waals surface area contributed by atoms with E-state index in [9.17, 15) is 9.59 Å². The summed E-state index contributed by atoms with van der Waals surface area (Å²) in [6.07, 6.45) is 1.63. The van der Waals surface area contributed by atoms with E-state index in [0.29, 0.717) is 13.1 Å². The van der Waals surface area contributed by atoms with Crippen molar-refractivity contribution in [3.05, 3.63) is 48.6 Å². The molecule has 0 heterocycles. The van der Waals surface area contributed by atoms with Crippen LogP contribution in [0, 0.1) is 0 Å². The minimum absolute atomic E-state index is 0.365. The molecular formula is C15H19NO4. The lowest BCUT2D eigenvalue weighted by molar-refractivity contribution is -0.160. The number of benzene rings is 1. The summed E-state index contributed by atoms with van der Waals surface area (Å²) in [5.41, 5.74) is 0.979. The number of ether oxygens (including phenoxy) is 2. The summed E-state index contributed by atoms with van der Waals surface area (Å²) in [6.45, 7) is 4.43. The lowest BCUT2D eigenvalue weighted by Crippen LogP contribution is -2.47. The molecule has 1 aromatic rings. The number of hydrogen-bond donors (Lipinski definition) is 0. The van der Waals surface area contributed by atoms with Gasteiger partial charge in [-0.2, -0.15) is 0 Å². The van der Waals surface area contributed by atoms with Crippen molar-refractivity contribution < 1.29 is 19.1 Å². The molecule has 0 saturated heterocycles. The summed E-state index contributed by atoms with van der Waals surface area (Å²) in [4.78, 5) is 25.3. The Morgan fingerprint density at radius 3 is 2.20 bits per heavy atom. The van der Waals surface area contributed by atoms with Crippen LogP contribution in [0.25, 0.3) is 0 Å². The summed E-state index contributed by atoms with van der Waals surface area (Å²) in [5, 5.41) is 0. The minimum atomic E-state index is -1.09. The maximum atomic E-state index is 11.8. The molecular weight excluding hydrogens is 258 g/mol. The number of methoxy groups -OCH3 is 2. The molecule has 0 aromatic heterocycles. The first-order chi connectivity index (χ1) is 9.63. The van der Waals surface area contributed by atoms with Crippen LogP contribution in [-0.2, 0) is 25.6 Å². The van der Waals surface area contributed by atoms with E-state index in [1.165, 1.54) is 14.2 Å². The van der Waals surface area contributed by atoms with Crippen LogP contribution in [-0.4, -0.2) is 43.6 Å². The molecule has 0 atom stereocenters. The van der Waals surface area contributed by atoms with Gasteiger partial charge in [-0.25, -0.2) is 9.59 Å². The van der Waals surface area contributed by atoms with E-state index in [4.69, 9.17) is 0 Å². The molecule has 5 nitrogen and oxygen atoms in total. The SMILES string of the molecule is C=CCN(Cc1ccccc1)C(C(=O)OC)C(=O)OC. The van der Waals surface area contributed by atoms with Gasteiger partial charge in [-0.3, -0.25) is 4.90 Å². The zero-order valence-corrected chi connectivity index (χ0v) is 11.7. The van der Waals surface area contributed by atoms with Crippen LogP contribution in [0.2, 0.25) is 0 Å². The number of hydrogen-bond acceptors (Lipinski definition) is 5. The quantitative estimate of drug-likeness (QED) is 0.428. The second kappa shape index (κ2) is 8.12. The number of carbonyl (C=O) groups excluding carboxylic acids is 2. The molecule has 0 fully saturated rings. The average molecular weight is 277 g/mol. The standard InChI is InChI=1S/C15H19NO4/c1-4-10-16(11-12-8-6-5-7-9-12)13(14(17)19-2)15(18)20-3/h4-9,13H,1,10-11H2,2-3H3. The second-order valence-electron chi connectivity index (χ2n) is 4.15. The summed E-state index contributed by atoms with van der Waals surface area (Å²) in [7, 11) is 2.49. The largest absolute Gasteiger partial charge is 0.467 e. The van der Waals surface area contributed by atoms with Crippen molar-refractivity contribution in [2.45, 2.75) is 12.6 Å². The molecule has 0 spiro atoms. The Balaban J connectivity index is 2.98. The van der Waals surface area contributed by atoms with Crippen molar-refractivity contribution in [3.63, 3.8) is 0 Å².